The van der Waals surface area contributed by atoms with Crippen molar-refractivity contribution in [3.8, 4) is 5.75 Å². The highest BCUT2D eigenvalue weighted by molar-refractivity contribution is 5.96. The second-order valence-corrected chi connectivity index (χ2v) is 4.75. The SMILES string of the molecule is COc1cc(C(=O)O)cc2ccc(=O)n(C(C)C(C)=O)c12. The van der Waals surface area contributed by atoms with Gasteiger partial charge in [0.1, 0.15) is 5.75 Å². The highest BCUT2D eigenvalue weighted by atomic mass is 16.5. The first kappa shape index (κ1) is 14.8. The second kappa shape index (κ2) is 5.40. The van der Waals surface area contributed by atoms with E-state index in [0.717, 1.165) is 0 Å². The summed E-state index contributed by atoms with van der Waals surface area (Å²) in [5.74, 6) is -1.02. The van der Waals surface area contributed by atoms with Gasteiger partial charge in [-0.25, -0.2) is 4.79 Å². The molecule has 1 unspecified atom stereocenters. The molecule has 1 aromatic heterocycles. The summed E-state index contributed by atoms with van der Waals surface area (Å²) in [6.45, 7) is 3.02. The maximum absolute atomic E-state index is 12.1. The van der Waals surface area contributed by atoms with Crippen molar-refractivity contribution in [2.24, 2.45) is 0 Å². The maximum Gasteiger partial charge on any atom is 0.335 e. The Hall–Kier alpha value is -2.63. The van der Waals surface area contributed by atoms with Gasteiger partial charge in [-0.05, 0) is 32.0 Å². The van der Waals surface area contributed by atoms with Gasteiger partial charge in [0, 0.05) is 11.5 Å². The number of benzene rings is 1. The van der Waals surface area contributed by atoms with E-state index in [-0.39, 0.29) is 22.7 Å². The van der Waals surface area contributed by atoms with Crippen LogP contribution < -0.4 is 10.3 Å². The van der Waals surface area contributed by atoms with Gasteiger partial charge in [-0.2, -0.15) is 0 Å². The summed E-state index contributed by atoms with van der Waals surface area (Å²) in [4.78, 5) is 34.9. The Morgan fingerprint density at radius 3 is 2.48 bits per heavy atom. The number of carboxylic acid groups (broad SMARTS) is 1. The van der Waals surface area contributed by atoms with E-state index in [0.29, 0.717) is 10.9 Å². The third kappa shape index (κ3) is 2.52. The van der Waals surface area contributed by atoms with Crippen LogP contribution in [0.2, 0.25) is 0 Å². The molecule has 1 N–H and O–H groups in total. The number of aromatic carboxylic acids is 1. The monoisotopic (exact) mass is 289 g/mol. The molecule has 0 bridgehead atoms. The third-order valence-corrected chi connectivity index (χ3v) is 3.43. The number of methoxy groups -OCH3 is 1. The van der Waals surface area contributed by atoms with E-state index in [1.807, 2.05) is 0 Å². The number of aromatic nitrogens is 1. The summed E-state index contributed by atoms with van der Waals surface area (Å²) in [7, 11) is 1.39. The van der Waals surface area contributed by atoms with Crippen LogP contribution in [0, 0.1) is 0 Å². The van der Waals surface area contributed by atoms with Crippen LogP contribution in [0.3, 0.4) is 0 Å². The summed E-state index contributed by atoms with van der Waals surface area (Å²) in [6, 6.07) is 4.96. The molecule has 2 rings (SSSR count). The molecule has 1 aromatic carbocycles. The molecule has 0 spiro atoms. The Morgan fingerprint density at radius 1 is 1.29 bits per heavy atom. The van der Waals surface area contributed by atoms with E-state index in [1.54, 1.807) is 6.92 Å². The summed E-state index contributed by atoms with van der Waals surface area (Å²) in [5.41, 5.74) is 0.129. The molecule has 1 heterocycles. The topological polar surface area (TPSA) is 85.6 Å². The molecule has 0 aliphatic carbocycles. The maximum atomic E-state index is 12.1. The van der Waals surface area contributed by atoms with E-state index in [4.69, 9.17) is 9.84 Å². The summed E-state index contributed by atoms with van der Waals surface area (Å²) in [6.07, 6.45) is 0. The van der Waals surface area contributed by atoms with Crippen LogP contribution in [0.25, 0.3) is 10.9 Å². The number of carbonyl (C=O) groups excluding carboxylic acids is 1. The summed E-state index contributed by atoms with van der Waals surface area (Å²) in [5, 5.41) is 9.63. The molecule has 1 atom stereocenters. The van der Waals surface area contributed by atoms with Crippen molar-refractivity contribution in [3.05, 3.63) is 40.2 Å². The van der Waals surface area contributed by atoms with Gasteiger partial charge < -0.3 is 9.84 Å². The molecule has 0 saturated heterocycles. The van der Waals surface area contributed by atoms with Crippen molar-refractivity contribution in [3.63, 3.8) is 0 Å². The molecule has 0 aliphatic rings. The predicted octanol–water partition coefficient (Wildman–Crippen LogP) is 1.86. The molecule has 6 heteroatoms. The number of rotatable bonds is 4. The minimum Gasteiger partial charge on any atom is -0.495 e. The fraction of sp³-hybridized carbons (Fsp3) is 0.267. The smallest absolute Gasteiger partial charge is 0.335 e. The van der Waals surface area contributed by atoms with Crippen molar-refractivity contribution >= 4 is 22.7 Å². The highest BCUT2D eigenvalue weighted by Gasteiger charge is 2.19. The number of ether oxygens (including phenoxy) is 1. The van der Waals surface area contributed by atoms with Crippen molar-refractivity contribution in [2.45, 2.75) is 19.9 Å². The van der Waals surface area contributed by atoms with Gasteiger partial charge in [0.15, 0.2) is 5.78 Å². The number of hydrogen-bond donors (Lipinski definition) is 1. The van der Waals surface area contributed by atoms with Crippen LogP contribution >= 0.6 is 0 Å². The second-order valence-electron chi connectivity index (χ2n) is 4.75. The van der Waals surface area contributed by atoms with Crippen LogP contribution in [-0.2, 0) is 4.79 Å². The Labute approximate surface area is 120 Å². The number of carboxylic acids is 1. The van der Waals surface area contributed by atoms with Gasteiger partial charge in [0.2, 0.25) is 0 Å². The predicted molar refractivity (Wildman–Crippen MR) is 77.1 cm³/mol. The van der Waals surface area contributed by atoms with Crippen LogP contribution in [0.15, 0.2) is 29.1 Å². The first-order valence-corrected chi connectivity index (χ1v) is 6.34. The molecule has 0 fully saturated rings. The lowest BCUT2D eigenvalue weighted by atomic mass is 10.1. The van der Waals surface area contributed by atoms with Gasteiger partial charge in [-0.1, -0.05) is 0 Å². The van der Waals surface area contributed by atoms with E-state index in [2.05, 4.69) is 0 Å². The van der Waals surface area contributed by atoms with Crippen LogP contribution in [0.5, 0.6) is 5.75 Å². The molecule has 0 radical (unpaired) electrons. The van der Waals surface area contributed by atoms with Crippen molar-refractivity contribution in [1.82, 2.24) is 4.57 Å². The quantitative estimate of drug-likeness (QED) is 0.928. The van der Waals surface area contributed by atoms with Gasteiger partial charge in [0.05, 0.1) is 24.2 Å². The Morgan fingerprint density at radius 2 is 1.95 bits per heavy atom. The Bertz CT molecular complexity index is 790. The van der Waals surface area contributed by atoms with Crippen molar-refractivity contribution in [2.75, 3.05) is 7.11 Å². The number of ketones is 1. The standard InChI is InChI=1S/C15H15NO5/c1-8(9(2)17)16-13(18)5-4-10-6-11(15(19)20)7-12(21-3)14(10)16/h4-8H,1-3H3,(H,19,20). The molecule has 110 valence electrons. The fourth-order valence-corrected chi connectivity index (χ4v) is 2.21. The molecule has 21 heavy (non-hydrogen) atoms. The lowest BCUT2D eigenvalue weighted by Gasteiger charge is -2.18. The number of carbonyl (C=O) groups is 2. The molecule has 0 aliphatic heterocycles. The summed E-state index contributed by atoms with van der Waals surface area (Å²) >= 11 is 0. The summed E-state index contributed by atoms with van der Waals surface area (Å²) < 4.78 is 6.53. The number of pyridine rings is 1. The normalized spacial score (nSPS) is 12.1. The fourth-order valence-electron chi connectivity index (χ4n) is 2.21. The Kier molecular flexibility index (Phi) is 3.80. The number of nitrogens with zero attached hydrogens (tertiary/aromatic N) is 1. The van der Waals surface area contributed by atoms with E-state index in [1.165, 1.54) is 42.9 Å². The zero-order chi connectivity index (χ0) is 15.7. The van der Waals surface area contributed by atoms with E-state index >= 15 is 0 Å². The lowest BCUT2D eigenvalue weighted by Crippen LogP contribution is -2.27. The lowest BCUT2D eigenvalue weighted by molar-refractivity contribution is -0.119. The number of hydrogen-bond acceptors (Lipinski definition) is 4. The van der Waals surface area contributed by atoms with Gasteiger partial charge >= 0.3 is 5.97 Å². The number of fused-ring (bicyclic) bond motifs is 1. The first-order valence-electron chi connectivity index (χ1n) is 6.34. The molecular formula is C15H15NO5. The van der Waals surface area contributed by atoms with Crippen molar-refractivity contribution in [1.29, 1.82) is 0 Å². The molecule has 0 amide bonds. The first-order chi connectivity index (χ1) is 9.86. The average molecular weight is 289 g/mol. The average Bonchev–Trinajstić information content (AvgIpc) is 2.45. The van der Waals surface area contributed by atoms with Crippen LogP contribution in [-0.4, -0.2) is 28.5 Å². The zero-order valence-electron chi connectivity index (χ0n) is 11.9. The van der Waals surface area contributed by atoms with E-state index < -0.39 is 12.0 Å². The Balaban J connectivity index is 2.92. The van der Waals surface area contributed by atoms with Gasteiger partial charge in [-0.15, -0.1) is 0 Å². The third-order valence-electron chi connectivity index (χ3n) is 3.43. The molecule has 0 saturated carbocycles. The molecular weight excluding hydrogens is 274 g/mol. The highest BCUT2D eigenvalue weighted by Crippen LogP contribution is 2.28. The van der Waals surface area contributed by atoms with Crippen LogP contribution in [0.4, 0.5) is 0 Å². The minimum absolute atomic E-state index is 0.0556. The zero-order valence-corrected chi connectivity index (χ0v) is 11.9. The van der Waals surface area contributed by atoms with Crippen molar-refractivity contribution < 1.29 is 19.4 Å². The van der Waals surface area contributed by atoms with Crippen LogP contribution in [0.1, 0.15) is 30.2 Å². The number of Topliss-reactive ketones (excluding diaryl/α,β-unsaturated/α-hetero) is 1. The van der Waals surface area contributed by atoms with E-state index in [9.17, 15) is 14.4 Å². The molecule has 2 aromatic rings. The largest absolute Gasteiger partial charge is 0.495 e. The van der Waals surface area contributed by atoms with Gasteiger partial charge in [0.25, 0.3) is 5.56 Å². The molecule has 6 nitrogen and oxygen atoms in total. The minimum atomic E-state index is -1.09. The van der Waals surface area contributed by atoms with Gasteiger partial charge in [-0.3, -0.25) is 14.2 Å².